The van der Waals surface area contributed by atoms with Gasteiger partial charge in [0.15, 0.2) is 0 Å². The maximum absolute atomic E-state index is 12.2. The van der Waals surface area contributed by atoms with E-state index in [4.69, 9.17) is 9.26 Å². The van der Waals surface area contributed by atoms with Crippen LogP contribution in [-0.4, -0.2) is 57.0 Å². The van der Waals surface area contributed by atoms with Crippen LogP contribution in [0.1, 0.15) is 103 Å². The van der Waals surface area contributed by atoms with E-state index in [0.29, 0.717) is 31.2 Å². The Labute approximate surface area is 231 Å². The van der Waals surface area contributed by atoms with Gasteiger partial charge in [-0.2, -0.15) is 4.98 Å². The summed E-state index contributed by atoms with van der Waals surface area (Å²) in [6.45, 7) is 8.25. The molecule has 0 bridgehead atoms. The van der Waals surface area contributed by atoms with E-state index in [1.165, 1.54) is 56.9 Å². The number of rotatable bonds is 11. The van der Waals surface area contributed by atoms with Gasteiger partial charge < -0.3 is 19.3 Å². The Hall–Kier alpha value is -3.43. The number of carboxylic acid groups (broad SMARTS) is 1. The molecule has 214 valence electrons. The van der Waals surface area contributed by atoms with Crippen molar-refractivity contribution < 1.29 is 24.0 Å². The van der Waals surface area contributed by atoms with E-state index >= 15 is 0 Å². The maximum Gasteiger partial charge on any atom is 0.437 e. The molecule has 3 rings (SSSR count). The summed E-state index contributed by atoms with van der Waals surface area (Å²) in [6, 6.07) is 8.27. The van der Waals surface area contributed by atoms with Crippen molar-refractivity contribution in [2.75, 3.05) is 13.1 Å². The Morgan fingerprint density at radius 1 is 1.15 bits per heavy atom. The zero-order valence-electron chi connectivity index (χ0n) is 23.7. The molecule has 1 aliphatic heterocycles. The highest BCUT2D eigenvalue weighted by Gasteiger charge is 2.32. The van der Waals surface area contributed by atoms with Crippen molar-refractivity contribution in [3.8, 4) is 11.4 Å². The molecule has 0 aliphatic carbocycles. The van der Waals surface area contributed by atoms with Gasteiger partial charge in [0.25, 0.3) is 0 Å². The molecule has 10 heteroatoms. The molecule has 2 heterocycles. The number of hydrogen-bond acceptors (Lipinski definition) is 6. The number of nitrogens with zero attached hydrogens (tertiary/aromatic N) is 4. The molecule has 0 radical (unpaired) electrons. The molecule has 1 aromatic heterocycles. The number of aryl methyl sites for hydroxylation is 1. The smallest absolute Gasteiger partial charge is 0.437 e. The summed E-state index contributed by atoms with van der Waals surface area (Å²) in [7, 11) is 0. The first-order valence-electron chi connectivity index (χ1n) is 14.1. The van der Waals surface area contributed by atoms with Gasteiger partial charge in [-0.15, -0.1) is 4.99 Å². The van der Waals surface area contributed by atoms with E-state index in [2.05, 4.69) is 39.5 Å². The fourth-order valence-electron chi connectivity index (χ4n) is 4.65. The lowest BCUT2D eigenvalue weighted by atomic mass is 10.0. The fraction of sp³-hybridized carbons (Fsp3) is 0.621. The summed E-state index contributed by atoms with van der Waals surface area (Å²) < 4.78 is 10.8. The first-order valence-corrected chi connectivity index (χ1v) is 14.1. The molecule has 2 amide bonds. The Morgan fingerprint density at radius 3 is 2.56 bits per heavy atom. The highest BCUT2D eigenvalue weighted by atomic mass is 16.6. The average Bonchev–Trinajstić information content (AvgIpc) is 3.54. The van der Waals surface area contributed by atoms with Crippen LogP contribution in [0, 0.1) is 0 Å². The molecule has 39 heavy (non-hydrogen) atoms. The van der Waals surface area contributed by atoms with Crippen LogP contribution >= 0.6 is 0 Å². The van der Waals surface area contributed by atoms with Crippen molar-refractivity contribution in [2.45, 2.75) is 103 Å². The number of unbranched alkanes of at least 4 members (excludes halogenated alkanes) is 7. The molecule has 1 atom stereocenters. The quantitative estimate of drug-likeness (QED) is 0.181. The molecule has 1 fully saturated rings. The van der Waals surface area contributed by atoms with Crippen LogP contribution in [0.25, 0.3) is 11.4 Å². The van der Waals surface area contributed by atoms with E-state index in [9.17, 15) is 14.7 Å². The van der Waals surface area contributed by atoms with Gasteiger partial charge >= 0.3 is 12.2 Å². The second kappa shape index (κ2) is 14.6. The van der Waals surface area contributed by atoms with Gasteiger partial charge in [0.05, 0.1) is 5.92 Å². The second-order valence-corrected chi connectivity index (χ2v) is 11.2. The summed E-state index contributed by atoms with van der Waals surface area (Å²) in [5.41, 5.74) is 1.43. The third-order valence-electron chi connectivity index (χ3n) is 6.59. The molecule has 0 unspecified atom stereocenters. The summed E-state index contributed by atoms with van der Waals surface area (Å²) in [4.78, 5) is 33.7. The number of likely N-dealkylation sites (tertiary alicyclic amines) is 1. The SMILES string of the molecule is CCCCCCCCCCc1cccc(-c2noc([C@@H]3CCN(C(=NC(=O)OC(C)(C)C)NC(=O)O)C3)n2)c1. The standard InChI is InChI=1S/C29H43N5O5/c1-5-6-7-8-9-10-11-12-14-21-15-13-16-22(19-21)24-30-25(39-33-24)23-17-18-34(20-23)26(31-27(35)36)32-28(37)38-29(2,3)4/h13,15-16,19,23H,5-12,14,17-18,20H2,1-4H3,(H,35,36)(H,31,32,37)/t23-/m1/s1. The zero-order valence-corrected chi connectivity index (χ0v) is 23.7. The number of hydrogen-bond donors (Lipinski definition) is 2. The molecular weight excluding hydrogens is 498 g/mol. The number of nitrogens with one attached hydrogen (secondary N) is 1. The van der Waals surface area contributed by atoms with E-state index in [0.717, 1.165) is 12.0 Å². The Balaban J connectivity index is 1.56. The Morgan fingerprint density at radius 2 is 1.87 bits per heavy atom. The second-order valence-electron chi connectivity index (χ2n) is 11.2. The first kappa shape index (κ1) is 30.1. The minimum atomic E-state index is -1.31. The van der Waals surface area contributed by atoms with Crippen molar-refractivity contribution in [2.24, 2.45) is 4.99 Å². The lowest BCUT2D eigenvalue weighted by molar-refractivity contribution is 0.0601. The van der Waals surface area contributed by atoms with Crippen molar-refractivity contribution in [3.63, 3.8) is 0 Å². The highest BCUT2D eigenvalue weighted by molar-refractivity contribution is 5.98. The van der Waals surface area contributed by atoms with Gasteiger partial charge in [0.2, 0.25) is 17.7 Å². The number of carbonyl (C=O) groups excluding carboxylic acids is 1. The van der Waals surface area contributed by atoms with Gasteiger partial charge in [-0.25, -0.2) is 9.59 Å². The van der Waals surface area contributed by atoms with Crippen molar-refractivity contribution in [1.29, 1.82) is 0 Å². The van der Waals surface area contributed by atoms with Crippen LogP contribution in [0.3, 0.4) is 0 Å². The molecule has 2 N–H and O–H groups in total. The van der Waals surface area contributed by atoms with Crippen molar-refractivity contribution in [3.05, 3.63) is 35.7 Å². The lowest BCUT2D eigenvalue weighted by Gasteiger charge is -2.21. The largest absolute Gasteiger partial charge is 0.465 e. The third kappa shape index (κ3) is 10.3. The van der Waals surface area contributed by atoms with E-state index in [1.54, 1.807) is 25.7 Å². The van der Waals surface area contributed by atoms with Crippen LogP contribution in [0.4, 0.5) is 9.59 Å². The molecule has 1 aromatic carbocycles. The van der Waals surface area contributed by atoms with Gasteiger partial charge in [-0.3, -0.25) is 5.32 Å². The molecule has 1 saturated heterocycles. The lowest BCUT2D eigenvalue weighted by Crippen LogP contribution is -2.43. The van der Waals surface area contributed by atoms with Crippen LogP contribution < -0.4 is 5.32 Å². The maximum atomic E-state index is 12.2. The molecular formula is C29H43N5O5. The average molecular weight is 542 g/mol. The number of guanidine groups is 1. The minimum absolute atomic E-state index is 0.0763. The Kier molecular flexibility index (Phi) is 11.3. The van der Waals surface area contributed by atoms with Crippen molar-refractivity contribution in [1.82, 2.24) is 20.4 Å². The van der Waals surface area contributed by atoms with Crippen LogP contribution in [0.2, 0.25) is 0 Å². The zero-order chi connectivity index (χ0) is 28.3. The summed E-state index contributed by atoms with van der Waals surface area (Å²) in [5, 5.41) is 15.6. The predicted octanol–water partition coefficient (Wildman–Crippen LogP) is 6.77. The summed E-state index contributed by atoms with van der Waals surface area (Å²) >= 11 is 0. The molecule has 1 aliphatic rings. The topological polar surface area (TPSA) is 130 Å². The van der Waals surface area contributed by atoms with E-state index < -0.39 is 17.8 Å². The van der Waals surface area contributed by atoms with E-state index in [-0.39, 0.29) is 11.9 Å². The predicted molar refractivity (Wildman–Crippen MR) is 150 cm³/mol. The minimum Gasteiger partial charge on any atom is -0.465 e. The van der Waals surface area contributed by atoms with Gasteiger partial charge in [0, 0.05) is 18.7 Å². The summed E-state index contributed by atoms with van der Waals surface area (Å²) in [6.07, 6.45) is 9.86. The van der Waals surface area contributed by atoms with E-state index in [1.807, 2.05) is 12.1 Å². The molecule has 0 spiro atoms. The number of carbonyl (C=O) groups is 2. The highest BCUT2D eigenvalue weighted by Crippen LogP contribution is 2.28. The van der Waals surface area contributed by atoms with Crippen LogP contribution in [-0.2, 0) is 11.2 Å². The first-order chi connectivity index (χ1) is 18.6. The number of aromatic nitrogens is 2. The number of ether oxygens (including phenoxy) is 1. The number of amides is 2. The molecule has 0 saturated carbocycles. The number of benzene rings is 1. The van der Waals surface area contributed by atoms with Crippen molar-refractivity contribution >= 4 is 18.1 Å². The molecule has 2 aromatic rings. The third-order valence-corrected chi connectivity index (χ3v) is 6.59. The number of aliphatic imine (C=N–C) groups is 1. The Bertz CT molecular complexity index is 1110. The van der Waals surface area contributed by atoms with Crippen LogP contribution in [0.5, 0.6) is 0 Å². The van der Waals surface area contributed by atoms with Gasteiger partial charge in [0.1, 0.15) is 5.60 Å². The molecule has 10 nitrogen and oxygen atoms in total. The van der Waals surface area contributed by atoms with Gasteiger partial charge in [-0.1, -0.05) is 75.2 Å². The van der Waals surface area contributed by atoms with Crippen LogP contribution in [0.15, 0.2) is 33.8 Å². The monoisotopic (exact) mass is 541 g/mol. The fourth-order valence-corrected chi connectivity index (χ4v) is 4.65. The normalized spacial score (nSPS) is 15.9. The summed E-state index contributed by atoms with van der Waals surface area (Å²) in [5.74, 6) is 0.819. The van der Waals surface area contributed by atoms with Gasteiger partial charge in [-0.05, 0) is 51.7 Å².